The molecule has 0 aromatic rings. The van der Waals surface area contributed by atoms with Crippen LogP contribution in [0.4, 0.5) is 0 Å². The summed E-state index contributed by atoms with van der Waals surface area (Å²) in [7, 11) is 0. The third-order valence-corrected chi connectivity index (χ3v) is 10.8. The summed E-state index contributed by atoms with van der Waals surface area (Å²) in [5.41, 5.74) is 2.12. The summed E-state index contributed by atoms with van der Waals surface area (Å²) in [5, 5.41) is 0. The van der Waals surface area contributed by atoms with Crippen LogP contribution in [0.1, 0.15) is 91.9 Å². The van der Waals surface area contributed by atoms with Gasteiger partial charge >= 0.3 is 5.97 Å². The minimum Gasteiger partial charge on any atom is -0.462 e. The normalized spacial score (nSPS) is 49.4. The standard InChI is InChI=1S/C27H40O3/c1-16-5-10-24(30-25(16)29)17(2)21-8-9-22-20-7-6-18-15-19(28)11-13-26(18,3)23(20)12-14-27(21,22)4/h15-17,20-24H,5-14H2,1-4H3/t16-,17-,20-,21+,22-,23-,24+,26-,27+/m0/s1. The van der Waals surface area contributed by atoms with Gasteiger partial charge in [-0.3, -0.25) is 9.59 Å². The average Bonchev–Trinajstić information content (AvgIpc) is 3.07. The first-order chi connectivity index (χ1) is 14.2. The molecule has 0 N–H and O–H groups in total. The van der Waals surface area contributed by atoms with Crippen molar-refractivity contribution in [3.8, 4) is 0 Å². The molecule has 4 aliphatic carbocycles. The molecule has 5 aliphatic rings. The van der Waals surface area contributed by atoms with Gasteiger partial charge < -0.3 is 4.74 Å². The van der Waals surface area contributed by atoms with Gasteiger partial charge in [-0.15, -0.1) is 0 Å². The van der Waals surface area contributed by atoms with Gasteiger partial charge in [0.05, 0.1) is 5.92 Å². The number of carbonyl (C=O) groups is 2. The molecule has 9 atom stereocenters. The number of hydrogen-bond donors (Lipinski definition) is 0. The molecule has 1 heterocycles. The van der Waals surface area contributed by atoms with Crippen LogP contribution in [0.15, 0.2) is 11.6 Å². The lowest BCUT2D eigenvalue weighted by molar-refractivity contribution is -0.166. The van der Waals surface area contributed by atoms with Crippen molar-refractivity contribution in [3.05, 3.63) is 11.6 Å². The van der Waals surface area contributed by atoms with Gasteiger partial charge in [-0.05, 0) is 104 Å². The van der Waals surface area contributed by atoms with Crippen LogP contribution in [0.25, 0.3) is 0 Å². The molecule has 3 nitrogen and oxygen atoms in total. The third-order valence-electron chi connectivity index (χ3n) is 10.8. The molecular formula is C27H40O3. The van der Waals surface area contributed by atoms with Crippen molar-refractivity contribution in [1.82, 2.24) is 0 Å². The van der Waals surface area contributed by atoms with Gasteiger partial charge in [0.15, 0.2) is 5.78 Å². The van der Waals surface area contributed by atoms with E-state index in [1.54, 1.807) is 0 Å². The predicted molar refractivity (Wildman–Crippen MR) is 118 cm³/mol. The maximum absolute atomic E-state index is 12.2. The summed E-state index contributed by atoms with van der Waals surface area (Å²) < 4.78 is 5.92. The molecule has 3 saturated carbocycles. The van der Waals surface area contributed by atoms with E-state index in [2.05, 4.69) is 20.8 Å². The van der Waals surface area contributed by atoms with Gasteiger partial charge in [0, 0.05) is 6.42 Å². The number of ketones is 1. The fourth-order valence-corrected chi connectivity index (χ4v) is 8.95. The number of allylic oxidation sites excluding steroid dienone is 1. The van der Waals surface area contributed by atoms with E-state index in [4.69, 9.17) is 4.74 Å². The predicted octanol–water partition coefficient (Wildman–Crippen LogP) is 6.11. The summed E-state index contributed by atoms with van der Waals surface area (Å²) in [6.07, 6.45) is 13.6. The first-order valence-electron chi connectivity index (χ1n) is 12.7. The van der Waals surface area contributed by atoms with Gasteiger partial charge in [0.25, 0.3) is 0 Å². The van der Waals surface area contributed by atoms with E-state index in [0.717, 1.165) is 49.9 Å². The molecule has 3 heteroatoms. The van der Waals surface area contributed by atoms with Crippen LogP contribution in [-0.2, 0) is 14.3 Å². The van der Waals surface area contributed by atoms with Crippen LogP contribution in [-0.4, -0.2) is 17.9 Å². The highest BCUT2D eigenvalue weighted by atomic mass is 16.5. The Kier molecular flexibility index (Phi) is 4.99. The Labute approximate surface area is 182 Å². The Balaban J connectivity index is 1.36. The number of rotatable bonds is 2. The number of esters is 1. The molecule has 0 unspecified atom stereocenters. The minimum atomic E-state index is 0.0212. The van der Waals surface area contributed by atoms with Gasteiger partial charge in [-0.25, -0.2) is 0 Å². The second-order valence-corrected chi connectivity index (χ2v) is 12.0. The Bertz CT molecular complexity index is 768. The number of fused-ring (bicyclic) bond motifs is 5. The van der Waals surface area contributed by atoms with E-state index < -0.39 is 0 Å². The van der Waals surface area contributed by atoms with Crippen molar-refractivity contribution in [1.29, 1.82) is 0 Å². The highest BCUT2D eigenvalue weighted by Crippen LogP contribution is 2.67. The quantitative estimate of drug-likeness (QED) is 0.514. The lowest BCUT2D eigenvalue weighted by Crippen LogP contribution is -2.51. The Hall–Kier alpha value is -1.12. The Morgan fingerprint density at radius 3 is 2.53 bits per heavy atom. The number of hydrogen-bond acceptors (Lipinski definition) is 3. The fourth-order valence-electron chi connectivity index (χ4n) is 8.95. The molecule has 5 rings (SSSR count). The molecule has 0 radical (unpaired) electrons. The second-order valence-electron chi connectivity index (χ2n) is 12.0. The van der Waals surface area contributed by atoms with Crippen molar-refractivity contribution in [2.24, 2.45) is 46.3 Å². The molecule has 0 bridgehead atoms. The largest absolute Gasteiger partial charge is 0.462 e. The van der Waals surface area contributed by atoms with Crippen LogP contribution >= 0.6 is 0 Å². The zero-order valence-electron chi connectivity index (χ0n) is 19.4. The van der Waals surface area contributed by atoms with Crippen LogP contribution < -0.4 is 0 Å². The van der Waals surface area contributed by atoms with Crippen molar-refractivity contribution >= 4 is 11.8 Å². The van der Waals surface area contributed by atoms with Crippen LogP contribution in [0.5, 0.6) is 0 Å². The molecule has 0 amide bonds. The van der Waals surface area contributed by atoms with Gasteiger partial charge in [-0.1, -0.05) is 33.3 Å². The van der Waals surface area contributed by atoms with Gasteiger partial charge in [0.2, 0.25) is 0 Å². The lowest BCUT2D eigenvalue weighted by Gasteiger charge is -2.58. The topological polar surface area (TPSA) is 43.4 Å². The maximum Gasteiger partial charge on any atom is 0.308 e. The molecule has 166 valence electrons. The smallest absolute Gasteiger partial charge is 0.308 e. The van der Waals surface area contributed by atoms with Gasteiger partial charge in [0.1, 0.15) is 6.10 Å². The molecule has 0 spiro atoms. The highest BCUT2D eigenvalue weighted by Gasteiger charge is 2.60. The second kappa shape index (κ2) is 7.20. The number of ether oxygens (including phenoxy) is 1. The van der Waals surface area contributed by atoms with E-state index in [-0.39, 0.29) is 23.4 Å². The molecule has 4 fully saturated rings. The van der Waals surface area contributed by atoms with Crippen molar-refractivity contribution < 1.29 is 14.3 Å². The molecule has 0 aromatic heterocycles. The van der Waals surface area contributed by atoms with E-state index in [1.807, 2.05) is 13.0 Å². The average molecular weight is 413 g/mol. The summed E-state index contributed by atoms with van der Waals surface area (Å²) in [4.78, 5) is 24.3. The first-order valence-corrected chi connectivity index (χ1v) is 12.7. The van der Waals surface area contributed by atoms with Gasteiger partial charge in [-0.2, -0.15) is 0 Å². The van der Waals surface area contributed by atoms with Crippen molar-refractivity contribution in [2.75, 3.05) is 0 Å². The van der Waals surface area contributed by atoms with Crippen LogP contribution in [0, 0.1) is 46.3 Å². The van der Waals surface area contributed by atoms with E-state index in [0.29, 0.717) is 23.0 Å². The van der Waals surface area contributed by atoms with Crippen molar-refractivity contribution in [3.63, 3.8) is 0 Å². The first kappa shape index (κ1) is 20.8. The molecule has 1 aliphatic heterocycles. The Morgan fingerprint density at radius 2 is 1.77 bits per heavy atom. The highest BCUT2D eigenvalue weighted by molar-refractivity contribution is 5.91. The molecule has 1 saturated heterocycles. The van der Waals surface area contributed by atoms with Crippen LogP contribution in [0.2, 0.25) is 0 Å². The molecule has 30 heavy (non-hydrogen) atoms. The number of cyclic esters (lactones) is 1. The number of carbonyl (C=O) groups excluding carboxylic acids is 2. The molecular weight excluding hydrogens is 372 g/mol. The lowest BCUT2D eigenvalue weighted by atomic mass is 9.46. The maximum atomic E-state index is 12.2. The zero-order chi connectivity index (χ0) is 21.3. The SMILES string of the molecule is C[C@@H]([C@H]1CC[C@H]2[C@@H]3CCC4=CC(=O)CC[C@]4(C)[C@H]3CC[C@]12C)[C@H]1CC[C@H](C)C(=O)O1. The summed E-state index contributed by atoms with van der Waals surface area (Å²) in [6, 6.07) is 0. The minimum absolute atomic E-state index is 0.0212. The van der Waals surface area contributed by atoms with Crippen LogP contribution in [0.3, 0.4) is 0 Å². The molecule has 0 aromatic carbocycles. The summed E-state index contributed by atoms with van der Waals surface area (Å²) >= 11 is 0. The van der Waals surface area contributed by atoms with E-state index >= 15 is 0 Å². The third kappa shape index (κ3) is 2.97. The monoisotopic (exact) mass is 412 g/mol. The Morgan fingerprint density at radius 1 is 0.967 bits per heavy atom. The summed E-state index contributed by atoms with van der Waals surface area (Å²) in [5.74, 6) is 3.96. The zero-order valence-corrected chi connectivity index (χ0v) is 19.4. The fraction of sp³-hybridized carbons (Fsp3) is 0.852. The summed E-state index contributed by atoms with van der Waals surface area (Å²) in [6.45, 7) is 9.42. The van der Waals surface area contributed by atoms with Crippen molar-refractivity contribution in [2.45, 2.75) is 98.0 Å². The van der Waals surface area contributed by atoms with E-state index in [9.17, 15) is 9.59 Å². The van der Waals surface area contributed by atoms with E-state index in [1.165, 1.54) is 37.7 Å².